The predicted octanol–water partition coefficient (Wildman–Crippen LogP) is 1.45. The second kappa shape index (κ2) is 6.80. The summed E-state index contributed by atoms with van der Waals surface area (Å²) in [6, 6.07) is 3.41. The van der Waals surface area contributed by atoms with Crippen molar-refractivity contribution >= 4 is 10.0 Å². The van der Waals surface area contributed by atoms with Gasteiger partial charge in [-0.1, -0.05) is 6.07 Å². The summed E-state index contributed by atoms with van der Waals surface area (Å²) in [4.78, 5) is 1.36. The Balaban J connectivity index is 1.78. The number of halogens is 2. The van der Waals surface area contributed by atoms with Gasteiger partial charge in [-0.25, -0.2) is 17.2 Å². The van der Waals surface area contributed by atoms with Gasteiger partial charge in [-0.3, -0.25) is 4.90 Å². The van der Waals surface area contributed by atoms with Crippen LogP contribution in [0.4, 0.5) is 8.78 Å². The molecule has 128 valence electrons. The lowest BCUT2D eigenvalue weighted by molar-refractivity contribution is 0.147. The molecular weight excluding hydrogens is 326 g/mol. The van der Waals surface area contributed by atoms with Crippen LogP contribution in [0.15, 0.2) is 23.1 Å². The highest BCUT2D eigenvalue weighted by molar-refractivity contribution is 7.89. The molecule has 5 nitrogen and oxygen atoms in total. The van der Waals surface area contributed by atoms with E-state index >= 15 is 0 Å². The summed E-state index contributed by atoms with van der Waals surface area (Å²) in [6.45, 7) is 3.19. The van der Waals surface area contributed by atoms with Gasteiger partial charge in [-0.2, -0.15) is 4.31 Å². The summed E-state index contributed by atoms with van der Waals surface area (Å²) in [5.74, 6) is -2.09. The Labute approximate surface area is 134 Å². The molecule has 0 amide bonds. The average Bonchev–Trinajstić information content (AvgIpc) is 2.91. The van der Waals surface area contributed by atoms with Crippen LogP contribution >= 0.6 is 0 Å². The lowest BCUT2D eigenvalue weighted by Gasteiger charge is -2.26. The molecule has 0 saturated carbocycles. The number of hydrogen-bond donors (Lipinski definition) is 0. The van der Waals surface area contributed by atoms with E-state index in [1.54, 1.807) is 0 Å². The first-order valence-electron chi connectivity index (χ1n) is 7.76. The fourth-order valence-electron chi connectivity index (χ4n) is 3.19. The second-order valence-corrected chi connectivity index (χ2v) is 7.74. The van der Waals surface area contributed by atoms with Crippen molar-refractivity contribution in [2.24, 2.45) is 0 Å². The molecule has 8 heteroatoms. The van der Waals surface area contributed by atoms with Crippen molar-refractivity contribution in [3.63, 3.8) is 0 Å². The highest BCUT2D eigenvalue weighted by Crippen LogP contribution is 2.24. The topological polar surface area (TPSA) is 49.9 Å². The third-order valence-electron chi connectivity index (χ3n) is 4.43. The fraction of sp³-hybridized carbons (Fsp3) is 0.600. The minimum absolute atomic E-state index is 0.229. The van der Waals surface area contributed by atoms with Crippen molar-refractivity contribution in [1.82, 2.24) is 9.21 Å². The van der Waals surface area contributed by atoms with Crippen molar-refractivity contribution in [3.8, 4) is 0 Å². The highest BCUT2D eigenvalue weighted by Gasteiger charge is 2.33. The quantitative estimate of drug-likeness (QED) is 0.831. The van der Waals surface area contributed by atoms with Gasteiger partial charge < -0.3 is 4.74 Å². The summed E-state index contributed by atoms with van der Waals surface area (Å²) in [5.41, 5.74) is 0. The molecule has 0 aromatic heterocycles. The zero-order valence-corrected chi connectivity index (χ0v) is 13.6. The predicted molar refractivity (Wildman–Crippen MR) is 80.5 cm³/mol. The van der Waals surface area contributed by atoms with E-state index in [1.807, 2.05) is 0 Å². The number of rotatable bonds is 3. The van der Waals surface area contributed by atoms with E-state index in [0.29, 0.717) is 25.6 Å². The zero-order chi connectivity index (χ0) is 16.4. The third kappa shape index (κ3) is 3.40. The Morgan fingerprint density at radius 1 is 1.09 bits per heavy atom. The zero-order valence-electron chi connectivity index (χ0n) is 12.7. The molecule has 2 aliphatic heterocycles. The van der Waals surface area contributed by atoms with Crippen LogP contribution in [0.25, 0.3) is 0 Å². The largest absolute Gasteiger partial charge is 0.380 e. The maximum Gasteiger partial charge on any atom is 0.248 e. The lowest BCUT2D eigenvalue weighted by atomic mass is 10.2. The van der Waals surface area contributed by atoms with Crippen molar-refractivity contribution in [2.45, 2.75) is 23.8 Å². The van der Waals surface area contributed by atoms with Gasteiger partial charge in [0.2, 0.25) is 10.0 Å². The van der Waals surface area contributed by atoms with Gasteiger partial charge in [-0.15, -0.1) is 0 Å². The maximum atomic E-state index is 13.9. The Morgan fingerprint density at radius 3 is 2.48 bits per heavy atom. The van der Waals surface area contributed by atoms with Crippen molar-refractivity contribution in [1.29, 1.82) is 0 Å². The molecule has 1 aromatic carbocycles. The molecular formula is C15H20F2N2O3S. The van der Waals surface area contributed by atoms with Gasteiger partial charge in [-0.05, 0) is 31.5 Å². The van der Waals surface area contributed by atoms with Crippen LogP contribution < -0.4 is 0 Å². The normalized spacial score (nSPS) is 24.7. The van der Waals surface area contributed by atoms with Crippen LogP contribution in [-0.4, -0.2) is 63.1 Å². The molecule has 1 atom stereocenters. The van der Waals surface area contributed by atoms with Gasteiger partial charge in [0.05, 0.1) is 6.61 Å². The minimum Gasteiger partial charge on any atom is -0.380 e. The molecule has 0 bridgehead atoms. The highest BCUT2D eigenvalue weighted by atomic mass is 32.2. The smallest absolute Gasteiger partial charge is 0.248 e. The second-order valence-electron chi connectivity index (χ2n) is 5.86. The number of hydrogen-bond acceptors (Lipinski definition) is 4. The van der Waals surface area contributed by atoms with Crippen LogP contribution in [-0.2, 0) is 14.8 Å². The molecule has 1 unspecified atom stereocenters. The maximum absolute atomic E-state index is 13.9. The van der Waals surface area contributed by atoms with Gasteiger partial charge in [0, 0.05) is 32.3 Å². The molecule has 0 spiro atoms. The number of ether oxygens (including phenoxy) is 1. The van der Waals surface area contributed by atoms with Crippen LogP contribution in [0.1, 0.15) is 12.8 Å². The molecule has 2 aliphatic rings. The molecule has 0 aliphatic carbocycles. The van der Waals surface area contributed by atoms with E-state index in [2.05, 4.69) is 4.90 Å². The van der Waals surface area contributed by atoms with Gasteiger partial charge in [0.15, 0.2) is 4.90 Å². The molecule has 2 heterocycles. The van der Waals surface area contributed by atoms with E-state index in [0.717, 1.165) is 37.8 Å². The summed E-state index contributed by atoms with van der Waals surface area (Å²) in [6.07, 6.45) is 1.57. The van der Waals surface area contributed by atoms with Crippen LogP contribution in [0.5, 0.6) is 0 Å². The summed E-state index contributed by atoms with van der Waals surface area (Å²) < 4.78 is 59.5. The van der Waals surface area contributed by atoms with E-state index in [4.69, 9.17) is 4.74 Å². The molecule has 2 fully saturated rings. The SMILES string of the molecule is O=S(=O)(c1c(F)cccc1F)N1CCCN(C2CCOC2)CC1. The van der Waals surface area contributed by atoms with E-state index in [1.165, 1.54) is 4.31 Å². The standard InChI is InChI=1S/C15H20F2N2O3S/c16-13-3-1-4-14(17)15(13)23(20,21)19-7-2-6-18(8-9-19)12-5-10-22-11-12/h1,3-4,12H,2,5-11H2. The number of nitrogens with zero attached hydrogens (tertiary/aromatic N) is 2. The first-order valence-corrected chi connectivity index (χ1v) is 9.20. The first kappa shape index (κ1) is 16.8. The molecule has 2 saturated heterocycles. The average molecular weight is 346 g/mol. The Hall–Kier alpha value is -1.09. The monoisotopic (exact) mass is 346 g/mol. The third-order valence-corrected chi connectivity index (χ3v) is 6.38. The van der Waals surface area contributed by atoms with Gasteiger partial charge in [0.1, 0.15) is 11.6 Å². The lowest BCUT2D eigenvalue weighted by Crippen LogP contribution is -2.40. The number of benzene rings is 1. The van der Waals surface area contributed by atoms with Crippen LogP contribution in [0.3, 0.4) is 0 Å². The molecule has 0 radical (unpaired) electrons. The van der Waals surface area contributed by atoms with Gasteiger partial charge >= 0.3 is 0 Å². The van der Waals surface area contributed by atoms with E-state index in [-0.39, 0.29) is 13.1 Å². The molecule has 3 rings (SSSR count). The Morgan fingerprint density at radius 2 is 1.83 bits per heavy atom. The summed E-state index contributed by atoms with van der Waals surface area (Å²) in [7, 11) is -4.17. The van der Waals surface area contributed by atoms with E-state index < -0.39 is 26.6 Å². The Kier molecular flexibility index (Phi) is 4.96. The molecule has 0 N–H and O–H groups in total. The molecule has 1 aromatic rings. The van der Waals surface area contributed by atoms with Crippen LogP contribution in [0, 0.1) is 11.6 Å². The van der Waals surface area contributed by atoms with E-state index in [9.17, 15) is 17.2 Å². The Bertz CT molecular complexity index is 642. The first-order chi connectivity index (χ1) is 11.0. The number of sulfonamides is 1. The molecule has 23 heavy (non-hydrogen) atoms. The summed E-state index contributed by atoms with van der Waals surface area (Å²) in [5, 5.41) is 0. The van der Waals surface area contributed by atoms with Gasteiger partial charge in [0.25, 0.3) is 0 Å². The van der Waals surface area contributed by atoms with Crippen LogP contribution in [0.2, 0.25) is 0 Å². The van der Waals surface area contributed by atoms with Crippen molar-refractivity contribution in [2.75, 3.05) is 39.4 Å². The van der Waals surface area contributed by atoms with Crippen molar-refractivity contribution in [3.05, 3.63) is 29.8 Å². The summed E-state index contributed by atoms with van der Waals surface area (Å²) >= 11 is 0. The fourth-order valence-corrected chi connectivity index (χ4v) is 4.77. The van der Waals surface area contributed by atoms with Crippen molar-refractivity contribution < 1.29 is 21.9 Å². The minimum atomic E-state index is -4.17.